The second-order valence-electron chi connectivity index (χ2n) is 5.82. The number of ketones is 1. The van der Waals surface area contributed by atoms with Gasteiger partial charge in [0.05, 0.1) is 12.0 Å². The van der Waals surface area contributed by atoms with Gasteiger partial charge in [-0.15, -0.1) is 0 Å². The van der Waals surface area contributed by atoms with Gasteiger partial charge in [-0.1, -0.05) is 13.3 Å². The minimum Gasteiger partial charge on any atom is -0.448 e. The number of oxazole rings is 1. The van der Waals surface area contributed by atoms with Crippen LogP contribution in [0.15, 0.2) is 10.7 Å². The molecule has 3 aliphatic rings. The van der Waals surface area contributed by atoms with Crippen molar-refractivity contribution in [1.82, 2.24) is 4.98 Å². The average molecular weight is 247 g/mol. The Labute approximate surface area is 106 Å². The van der Waals surface area contributed by atoms with Crippen LogP contribution in [0.25, 0.3) is 0 Å². The van der Waals surface area contributed by atoms with Crippen molar-refractivity contribution < 1.29 is 13.9 Å². The van der Waals surface area contributed by atoms with Gasteiger partial charge < -0.3 is 9.15 Å². The molecule has 5 atom stereocenters. The van der Waals surface area contributed by atoms with Gasteiger partial charge in [-0.2, -0.15) is 0 Å². The van der Waals surface area contributed by atoms with Crippen molar-refractivity contribution in [2.45, 2.75) is 50.7 Å². The van der Waals surface area contributed by atoms with E-state index in [0.29, 0.717) is 29.5 Å². The molecule has 4 rings (SSSR count). The number of carbonyl (C=O) groups excluding carboxylic acids is 1. The van der Waals surface area contributed by atoms with E-state index in [1.807, 2.05) is 0 Å². The van der Waals surface area contributed by atoms with Gasteiger partial charge in [-0.3, -0.25) is 4.79 Å². The zero-order valence-electron chi connectivity index (χ0n) is 10.7. The zero-order chi connectivity index (χ0) is 12.5. The van der Waals surface area contributed by atoms with Crippen molar-refractivity contribution in [3.8, 4) is 0 Å². The summed E-state index contributed by atoms with van der Waals surface area (Å²) in [5.74, 6) is 2.24. The molecule has 96 valence electrons. The number of epoxide rings is 1. The highest BCUT2D eigenvalue weighted by atomic mass is 16.6. The van der Waals surface area contributed by atoms with E-state index in [4.69, 9.17) is 9.15 Å². The third kappa shape index (κ3) is 1.06. The van der Waals surface area contributed by atoms with Crippen LogP contribution < -0.4 is 0 Å². The molecule has 2 aliphatic carbocycles. The fourth-order valence-corrected chi connectivity index (χ4v) is 4.37. The Bertz CT molecular complexity index is 523. The van der Waals surface area contributed by atoms with Gasteiger partial charge in [0.15, 0.2) is 5.78 Å². The van der Waals surface area contributed by atoms with E-state index in [1.54, 1.807) is 0 Å². The number of carbonyl (C=O) groups is 1. The van der Waals surface area contributed by atoms with E-state index >= 15 is 0 Å². The molecule has 2 saturated carbocycles. The van der Waals surface area contributed by atoms with Crippen LogP contribution in [0.3, 0.4) is 0 Å². The summed E-state index contributed by atoms with van der Waals surface area (Å²) in [7, 11) is 0. The van der Waals surface area contributed by atoms with Crippen LogP contribution in [0, 0.1) is 11.8 Å². The van der Waals surface area contributed by atoms with Crippen LogP contribution in [0.2, 0.25) is 0 Å². The smallest absolute Gasteiger partial charge is 0.201 e. The predicted molar refractivity (Wildman–Crippen MR) is 63.4 cm³/mol. The topological polar surface area (TPSA) is 55.6 Å². The lowest BCUT2D eigenvalue weighted by molar-refractivity contribution is -0.0217. The highest BCUT2D eigenvalue weighted by molar-refractivity contribution is 5.91. The molecule has 18 heavy (non-hydrogen) atoms. The number of Topliss-reactive ketones (excluding diaryl/α,β-unsaturated/α-hetero) is 1. The molecule has 1 aromatic heterocycles. The van der Waals surface area contributed by atoms with Gasteiger partial charge in [-0.25, -0.2) is 4.98 Å². The Morgan fingerprint density at radius 3 is 3.00 bits per heavy atom. The van der Waals surface area contributed by atoms with Crippen molar-refractivity contribution >= 4 is 5.78 Å². The largest absolute Gasteiger partial charge is 0.448 e. The van der Waals surface area contributed by atoms with E-state index in [0.717, 1.165) is 6.42 Å². The molecule has 0 aromatic carbocycles. The molecular weight excluding hydrogens is 230 g/mol. The second kappa shape index (κ2) is 3.23. The van der Waals surface area contributed by atoms with Crippen molar-refractivity contribution in [2.75, 3.05) is 0 Å². The van der Waals surface area contributed by atoms with E-state index < -0.39 is 0 Å². The molecule has 1 saturated heterocycles. The van der Waals surface area contributed by atoms with E-state index in [1.165, 1.54) is 26.0 Å². The summed E-state index contributed by atoms with van der Waals surface area (Å²) in [6, 6.07) is 0. The number of ether oxygens (including phenoxy) is 1. The first-order valence-electron chi connectivity index (χ1n) is 6.82. The molecule has 0 unspecified atom stereocenters. The number of nitrogens with zero attached hydrogens (tertiary/aromatic N) is 1. The van der Waals surface area contributed by atoms with Crippen molar-refractivity contribution in [3.05, 3.63) is 17.8 Å². The Kier molecular flexibility index (Phi) is 1.93. The Morgan fingerprint density at radius 2 is 2.39 bits per heavy atom. The van der Waals surface area contributed by atoms with Gasteiger partial charge in [0.2, 0.25) is 5.89 Å². The fraction of sp³-hybridized carbons (Fsp3) is 0.714. The van der Waals surface area contributed by atoms with Crippen molar-refractivity contribution in [2.24, 2.45) is 11.8 Å². The summed E-state index contributed by atoms with van der Waals surface area (Å²) in [4.78, 5) is 15.7. The highest BCUT2D eigenvalue weighted by Gasteiger charge is 2.79. The first kappa shape index (κ1) is 10.7. The third-order valence-electron chi connectivity index (χ3n) is 5.16. The lowest BCUT2D eigenvalue weighted by Gasteiger charge is -2.47. The summed E-state index contributed by atoms with van der Waals surface area (Å²) in [5, 5.41) is 0. The number of hydrogen-bond donors (Lipinski definition) is 0. The first-order chi connectivity index (χ1) is 8.68. The van der Waals surface area contributed by atoms with Gasteiger partial charge >= 0.3 is 0 Å². The maximum Gasteiger partial charge on any atom is 0.201 e. The molecule has 1 spiro atoms. The van der Waals surface area contributed by atoms with Crippen LogP contribution in [0.4, 0.5) is 0 Å². The van der Waals surface area contributed by atoms with Crippen LogP contribution in [0.5, 0.6) is 0 Å². The molecule has 4 heteroatoms. The number of hydrogen-bond acceptors (Lipinski definition) is 4. The summed E-state index contributed by atoms with van der Waals surface area (Å²) < 4.78 is 11.5. The quantitative estimate of drug-likeness (QED) is 0.608. The minimum absolute atomic E-state index is 0.0274. The fourth-order valence-electron chi connectivity index (χ4n) is 4.37. The molecule has 1 aromatic rings. The van der Waals surface area contributed by atoms with E-state index in [2.05, 4.69) is 11.9 Å². The molecule has 3 fully saturated rings. The third-order valence-corrected chi connectivity index (χ3v) is 5.16. The maximum atomic E-state index is 11.3. The monoisotopic (exact) mass is 247 g/mol. The summed E-state index contributed by atoms with van der Waals surface area (Å²) in [6.07, 6.45) is 5.49. The lowest BCUT2D eigenvalue weighted by atomic mass is 9.56. The Morgan fingerprint density at radius 1 is 1.56 bits per heavy atom. The standard InChI is InChI=1S/C14H17NO3/c1-3-8-9-4-5-11-14(9,18-11)12(8)13-15-10(6-17-13)7(2)16/h6,8-9,11-12H,3-5H2,1-2H3/t8-,9+,11+,12+,14-/m0/s1. The van der Waals surface area contributed by atoms with Crippen LogP contribution in [-0.4, -0.2) is 22.5 Å². The van der Waals surface area contributed by atoms with Gasteiger partial charge in [0, 0.05) is 6.92 Å². The predicted octanol–water partition coefficient (Wildman–Crippen LogP) is 2.55. The SMILES string of the molecule is CC[C@H]1[C@H]2CC[C@H]3O[C@@]23[C@H]1c1nc(C(C)=O)co1. The summed E-state index contributed by atoms with van der Waals surface area (Å²) in [5.41, 5.74) is 0.467. The average Bonchev–Trinajstić information content (AvgIpc) is 2.75. The number of rotatable bonds is 3. The molecule has 0 radical (unpaired) electrons. The van der Waals surface area contributed by atoms with Gasteiger partial charge in [0.25, 0.3) is 0 Å². The highest BCUT2D eigenvalue weighted by Crippen LogP contribution is 2.74. The molecule has 0 N–H and O–H groups in total. The van der Waals surface area contributed by atoms with Crippen LogP contribution in [0.1, 0.15) is 55.4 Å². The first-order valence-corrected chi connectivity index (χ1v) is 6.82. The van der Waals surface area contributed by atoms with Crippen LogP contribution in [-0.2, 0) is 4.74 Å². The summed E-state index contributed by atoms with van der Waals surface area (Å²) in [6.45, 7) is 3.74. The molecule has 0 amide bonds. The van der Waals surface area contributed by atoms with E-state index in [-0.39, 0.29) is 17.3 Å². The molecule has 4 nitrogen and oxygen atoms in total. The molecular formula is C14H17NO3. The maximum absolute atomic E-state index is 11.3. The molecule has 1 aliphatic heterocycles. The Balaban J connectivity index is 1.69. The Hall–Kier alpha value is -1.16. The van der Waals surface area contributed by atoms with Gasteiger partial charge in [-0.05, 0) is 24.7 Å². The second-order valence-corrected chi connectivity index (χ2v) is 5.82. The van der Waals surface area contributed by atoms with Crippen molar-refractivity contribution in [3.63, 3.8) is 0 Å². The number of aromatic nitrogens is 1. The van der Waals surface area contributed by atoms with Crippen LogP contribution >= 0.6 is 0 Å². The molecule has 0 bridgehead atoms. The van der Waals surface area contributed by atoms with E-state index in [9.17, 15) is 4.79 Å². The minimum atomic E-state index is -0.0360. The normalized spacial score (nSPS) is 44.1. The lowest BCUT2D eigenvalue weighted by Crippen LogP contribution is -2.51. The summed E-state index contributed by atoms with van der Waals surface area (Å²) >= 11 is 0. The zero-order valence-corrected chi connectivity index (χ0v) is 10.7. The van der Waals surface area contributed by atoms with Gasteiger partial charge in [0.1, 0.15) is 17.6 Å². The molecule has 2 heterocycles. The van der Waals surface area contributed by atoms with Crippen molar-refractivity contribution in [1.29, 1.82) is 0 Å².